The van der Waals surface area contributed by atoms with Gasteiger partial charge in [0.25, 0.3) is 0 Å². The molecule has 13 heavy (non-hydrogen) atoms. The van der Waals surface area contributed by atoms with E-state index < -0.39 is 0 Å². The molecular formula is C11H11FN. The van der Waals surface area contributed by atoms with Gasteiger partial charge in [0, 0.05) is 18.7 Å². The van der Waals surface area contributed by atoms with E-state index in [1.807, 2.05) is 18.2 Å². The minimum Gasteiger partial charge on any atom is -0.237 e. The summed E-state index contributed by atoms with van der Waals surface area (Å²) in [5, 5.41) is 4.18. The van der Waals surface area contributed by atoms with E-state index in [0.717, 1.165) is 30.6 Å². The SMILES string of the molecule is Fc1ccccc1C1=CC[N]CC1. The van der Waals surface area contributed by atoms with Crippen LogP contribution >= 0.6 is 0 Å². The molecule has 0 amide bonds. The Balaban J connectivity index is 2.34. The lowest BCUT2D eigenvalue weighted by Gasteiger charge is -2.13. The van der Waals surface area contributed by atoms with Crippen LogP contribution in [0.2, 0.25) is 0 Å². The predicted molar refractivity (Wildman–Crippen MR) is 50.9 cm³/mol. The molecule has 1 radical (unpaired) electrons. The summed E-state index contributed by atoms with van der Waals surface area (Å²) in [6, 6.07) is 6.91. The van der Waals surface area contributed by atoms with Crippen molar-refractivity contribution in [1.82, 2.24) is 5.32 Å². The fraction of sp³-hybridized carbons (Fsp3) is 0.273. The molecule has 0 aliphatic carbocycles. The van der Waals surface area contributed by atoms with Crippen molar-refractivity contribution in [2.24, 2.45) is 0 Å². The first-order valence-electron chi connectivity index (χ1n) is 4.45. The monoisotopic (exact) mass is 176 g/mol. The summed E-state index contributed by atoms with van der Waals surface area (Å²) in [6.07, 6.45) is 2.86. The van der Waals surface area contributed by atoms with Gasteiger partial charge in [-0.1, -0.05) is 24.3 Å². The number of hydrogen-bond donors (Lipinski definition) is 0. The molecule has 0 fully saturated rings. The van der Waals surface area contributed by atoms with Crippen LogP contribution in [0.4, 0.5) is 4.39 Å². The van der Waals surface area contributed by atoms with Crippen LogP contribution in [0.3, 0.4) is 0 Å². The van der Waals surface area contributed by atoms with Crippen molar-refractivity contribution < 1.29 is 4.39 Å². The van der Waals surface area contributed by atoms with E-state index in [2.05, 4.69) is 5.32 Å². The lowest BCUT2D eigenvalue weighted by Crippen LogP contribution is -2.13. The van der Waals surface area contributed by atoms with Gasteiger partial charge >= 0.3 is 0 Å². The molecule has 1 aromatic carbocycles. The number of hydrogen-bond acceptors (Lipinski definition) is 0. The highest BCUT2D eigenvalue weighted by Gasteiger charge is 2.09. The zero-order valence-corrected chi connectivity index (χ0v) is 7.33. The summed E-state index contributed by atoms with van der Waals surface area (Å²) in [7, 11) is 0. The first-order chi connectivity index (χ1) is 6.38. The van der Waals surface area contributed by atoms with Gasteiger partial charge in [0.05, 0.1) is 0 Å². The van der Waals surface area contributed by atoms with Crippen LogP contribution in [-0.4, -0.2) is 13.1 Å². The summed E-state index contributed by atoms with van der Waals surface area (Å²) in [6.45, 7) is 1.55. The summed E-state index contributed by atoms with van der Waals surface area (Å²) >= 11 is 0. The largest absolute Gasteiger partial charge is 0.237 e. The Morgan fingerprint density at radius 1 is 1.23 bits per heavy atom. The van der Waals surface area contributed by atoms with Crippen LogP contribution in [0, 0.1) is 5.82 Å². The van der Waals surface area contributed by atoms with Gasteiger partial charge in [-0.25, -0.2) is 9.71 Å². The first-order valence-corrected chi connectivity index (χ1v) is 4.45. The Labute approximate surface area is 77.3 Å². The molecule has 0 aromatic heterocycles. The Morgan fingerprint density at radius 3 is 2.77 bits per heavy atom. The van der Waals surface area contributed by atoms with E-state index in [9.17, 15) is 4.39 Å². The molecular weight excluding hydrogens is 165 g/mol. The van der Waals surface area contributed by atoms with Crippen LogP contribution in [0.5, 0.6) is 0 Å². The van der Waals surface area contributed by atoms with Crippen molar-refractivity contribution in [2.75, 3.05) is 13.1 Å². The molecule has 1 heterocycles. The second-order valence-electron chi connectivity index (χ2n) is 3.09. The van der Waals surface area contributed by atoms with E-state index in [4.69, 9.17) is 0 Å². The van der Waals surface area contributed by atoms with Gasteiger partial charge < -0.3 is 0 Å². The molecule has 1 aliphatic heterocycles. The van der Waals surface area contributed by atoms with Gasteiger partial charge in [-0.15, -0.1) is 0 Å². The highest BCUT2D eigenvalue weighted by atomic mass is 19.1. The predicted octanol–water partition coefficient (Wildman–Crippen LogP) is 2.22. The molecule has 0 bridgehead atoms. The number of benzene rings is 1. The van der Waals surface area contributed by atoms with Crippen molar-refractivity contribution in [2.45, 2.75) is 6.42 Å². The molecule has 0 atom stereocenters. The van der Waals surface area contributed by atoms with E-state index in [-0.39, 0.29) is 5.82 Å². The average Bonchev–Trinajstić information content (AvgIpc) is 2.20. The average molecular weight is 176 g/mol. The van der Waals surface area contributed by atoms with Crippen molar-refractivity contribution in [3.8, 4) is 0 Å². The van der Waals surface area contributed by atoms with Crippen molar-refractivity contribution in [1.29, 1.82) is 0 Å². The van der Waals surface area contributed by atoms with Crippen molar-refractivity contribution in [3.05, 3.63) is 41.7 Å². The Morgan fingerprint density at radius 2 is 2.08 bits per heavy atom. The molecule has 1 nitrogen and oxygen atoms in total. The minimum atomic E-state index is -0.129. The lowest BCUT2D eigenvalue weighted by atomic mass is 10.00. The highest BCUT2D eigenvalue weighted by molar-refractivity contribution is 5.66. The molecule has 67 valence electrons. The fourth-order valence-corrected chi connectivity index (χ4v) is 1.53. The second kappa shape index (κ2) is 3.71. The van der Waals surface area contributed by atoms with Crippen molar-refractivity contribution >= 4 is 5.57 Å². The standard InChI is InChI=1S/C11H11FN/c12-11-4-2-1-3-10(11)9-5-7-13-8-6-9/h1-5H,6-8H2. The molecule has 0 saturated carbocycles. The van der Waals surface area contributed by atoms with Crippen LogP contribution in [0.25, 0.3) is 5.57 Å². The quantitative estimate of drug-likeness (QED) is 0.623. The molecule has 2 rings (SSSR count). The fourth-order valence-electron chi connectivity index (χ4n) is 1.53. The second-order valence-corrected chi connectivity index (χ2v) is 3.09. The first kappa shape index (κ1) is 8.45. The molecule has 2 heteroatoms. The van der Waals surface area contributed by atoms with E-state index in [1.165, 1.54) is 6.07 Å². The zero-order valence-electron chi connectivity index (χ0n) is 7.33. The van der Waals surface area contributed by atoms with E-state index in [1.54, 1.807) is 6.07 Å². The van der Waals surface area contributed by atoms with Crippen LogP contribution in [0.15, 0.2) is 30.3 Å². The minimum absolute atomic E-state index is 0.129. The lowest BCUT2D eigenvalue weighted by molar-refractivity contribution is 0.620. The number of nitrogens with zero attached hydrogens (tertiary/aromatic N) is 1. The Hall–Kier alpha value is -1.15. The third kappa shape index (κ3) is 1.78. The molecule has 0 unspecified atom stereocenters. The zero-order chi connectivity index (χ0) is 9.10. The maximum atomic E-state index is 13.3. The van der Waals surface area contributed by atoms with Crippen LogP contribution in [-0.2, 0) is 0 Å². The summed E-state index contributed by atoms with van der Waals surface area (Å²) in [5.74, 6) is -0.129. The molecule has 0 N–H and O–H groups in total. The molecule has 1 aromatic rings. The van der Waals surface area contributed by atoms with Gasteiger partial charge in [-0.3, -0.25) is 0 Å². The maximum Gasteiger partial charge on any atom is 0.130 e. The Bertz CT molecular complexity index is 331. The number of rotatable bonds is 1. The topological polar surface area (TPSA) is 14.1 Å². The summed E-state index contributed by atoms with van der Waals surface area (Å²) < 4.78 is 13.3. The van der Waals surface area contributed by atoms with Gasteiger partial charge in [-0.2, -0.15) is 0 Å². The molecule has 0 saturated heterocycles. The maximum absolute atomic E-state index is 13.3. The smallest absolute Gasteiger partial charge is 0.130 e. The van der Waals surface area contributed by atoms with Gasteiger partial charge in [-0.05, 0) is 18.1 Å². The summed E-state index contributed by atoms with van der Waals surface area (Å²) in [5.41, 5.74) is 1.82. The summed E-state index contributed by atoms with van der Waals surface area (Å²) in [4.78, 5) is 0. The normalized spacial score (nSPS) is 16.8. The third-order valence-corrected chi connectivity index (χ3v) is 2.23. The van der Waals surface area contributed by atoms with Crippen LogP contribution in [0.1, 0.15) is 12.0 Å². The van der Waals surface area contributed by atoms with Crippen molar-refractivity contribution in [3.63, 3.8) is 0 Å². The van der Waals surface area contributed by atoms with E-state index in [0.29, 0.717) is 0 Å². The third-order valence-electron chi connectivity index (χ3n) is 2.23. The number of halogens is 1. The highest BCUT2D eigenvalue weighted by Crippen LogP contribution is 2.22. The van der Waals surface area contributed by atoms with Gasteiger partial charge in [0.1, 0.15) is 5.82 Å². The van der Waals surface area contributed by atoms with Gasteiger partial charge in [0.15, 0.2) is 0 Å². The molecule has 0 spiro atoms. The Kier molecular flexibility index (Phi) is 2.41. The molecule has 1 aliphatic rings. The van der Waals surface area contributed by atoms with Crippen LogP contribution < -0.4 is 5.32 Å². The van der Waals surface area contributed by atoms with E-state index >= 15 is 0 Å². The van der Waals surface area contributed by atoms with Gasteiger partial charge in [0.2, 0.25) is 0 Å².